The number of aryl methyl sites for hydroxylation is 1. The van der Waals surface area contributed by atoms with Gasteiger partial charge in [-0.3, -0.25) is 0 Å². The van der Waals surface area contributed by atoms with E-state index in [0.29, 0.717) is 0 Å². The summed E-state index contributed by atoms with van der Waals surface area (Å²) in [4.78, 5) is 0. The van der Waals surface area contributed by atoms with Crippen molar-refractivity contribution >= 4 is 0 Å². The number of fused-ring (bicyclic) bond motifs is 1. The Balaban J connectivity index is 2.33. The molecule has 0 radical (unpaired) electrons. The van der Waals surface area contributed by atoms with E-state index in [4.69, 9.17) is 0 Å². The van der Waals surface area contributed by atoms with Gasteiger partial charge in [0.15, 0.2) is 0 Å². The molecule has 0 bridgehead atoms. The molecule has 0 spiro atoms. The van der Waals surface area contributed by atoms with E-state index in [-0.39, 0.29) is 6.10 Å². The summed E-state index contributed by atoms with van der Waals surface area (Å²) >= 11 is 0. The van der Waals surface area contributed by atoms with Gasteiger partial charge in [-0.2, -0.15) is 0 Å². The first-order chi connectivity index (χ1) is 6.31. The van der Waals surface area contributed by atoms with Crippen LogP contribution < -0.4 is 0 Å². The normalized spacial score (nSPS) is 19.9. The van der Waals surface area contributed by atoms with Gasteiger partial charge in [0, 0.05) is 0 Å². The predicted molar refractivity (Wildman–Crippen MR) is 53.6 cm³/mol. The van der Waals surface area contributed by atoms with Crippen molar-refractivity contribution in [2.45, 2.75) is 25.4 Å². The summed E-state index contributed by atoms with van der Waals surface area (Å²) in [5.41, 5.74) is 3.72. The smallest absolute Gasteiger partial charge is 0.0795 e. The van der Waals surface area contributed by atoms with Gasteiger partial charge in [-0.15, -0.1) is 6.58 Å². The SMILES string of the molecule is C=CCc1ccc2c(c1)CC[C@@H]2O. The minimum absolute atomic E-state index is 0.229. The van der Waals surface area contributed by atoms with Crippen LogP contribution in [0.15, 0.2) is 30.9 Å². The highest BCUT2D eigenvalue weighted by atomic mass is 16.3. The number of allylic oxidation sites excluding steroid dienone is 1. The highest BCUT2D eigenvalue weighted by Crippen LogP contribution is 2.31. The second kappa shape index (κ2) is 3.35. The van der Waals surface area contributed by atoms with Crippen LogP contribution in [-0.4, -0.2) is 5.11 Å². The maximum absolute atomic E-state index is 9.58. The van der Waals surface area contributed by atoms with Crippen molar-refractivity contribution in [2.24, 2.45) is 0 Å². The molecule has 0 amide bonds. The van der Waals surface area contributed by atoms with E-state index in [1.54, 1.807) is 0 Å². The van der Waals surface area contributed by atoms with Crippen molar-refractivity contribution < 1.29 is 5.11 Å². The Hall–Kier alpha value is -1.08. The molecule has 13 heavy (non-hydrogen) atoms. The van der Waals surface area contributed by atoms with E-state index >= 15 is 0 Å². The van der Waals surface area contributed by atoms with Gasteiger partial charge in [-0.05, 0) is 36.0 Å². The van der Waals surface area contributed by atoms with Gasteiger partial charge >= 0.3 is 0 Å². The average Bonchev–Trinajstić information content (AvgIpc) is 2.48. The van der Waals surface area contributed by atoms with E-state index < -0.39 is 0 Å². The molecular weight excluding hydrogens is 160 g/mol. The predicted octanol–water partition coefficient (Wildman–Crippen LogP) is 2.39. The molecule has 1 atom stereocenters. The summed E-state index contributed by atoms with van der Waals surface area (Å²) in [6.45, 7) is 3.72. The third kappa shape index (κ3) is 1.52. The Bertz CT molecular complexity index is 328. The second-order valence-corrected chi connectivity index (χ2v) is 3.58. The van der Waals surface area contributed by atoms with Crippen LogP contribution in [-0.2, 0) is 12.8 Å². The minimum atomic E-state index is -0.229. The van der Waals surface area contributed by atoms with Crippen LogP contribution in [0.5, 0.6) is 0 Å². The molecule has 0 fully saturated rings. The Labute approximate surface area is 78.7 Å². The number of aliphatic hydroxyl groups excluding tert-OH is 1. The van der Waals surface area contributed by atoms with Crippen molar-refractivity contribution in [3.05, 3.63) is 47.5 Å². The van der Waals surface area contributed by atoms with Gasteiger partial charge in [-0.25, -0.2) is 0 Å². The van der Waals surface area contributed by atoms with Gasteiger partial charge in [0.05, 0.1) is 6.10 Å². The molecule has 1 aromatic carbocycles. The number of benzene rings is 1. The van der Waals surface area contributed by atoms with Crippen LogP contribution in [0, 0.1) is 0 Å². The van der Waals surface area contributed by atoms with E-state index in [2.05, 4.69) is 18.7 Å². The molecule has 0 saturated heterocycles. The minimum Gasteiger partial charge on any atom is -0.388 e. The Morgan fingerprint density at radius 1 is 1.54 bits per heavy atom. The van der Waals surface area contributed by atoms with Crippen LogP contribution in [0.2, 0.25) is 0 Å². The quantitative estimate of drug-likeness (QED) is 0.682. The molecule has 0 unspecified atom stereocenters. The summed E-state index contributed by atoms with van der Waals surface area (Å²) in [5.74, 6) is 0. The zero-order valence-corrected chi connectivity index (χ0v) is 7.66. The monoisotopic (exact) mass is 174 g/mol. The summed E-state index contributed by atoms with van der Waals surface area (Å²) in [6, 6.07) is 6.31. The summed E-state index contributed by atoms with van der Waals surface area (Å²) in [7, 11) is 0. The lowest BCUT2D eigenvalue weighted by Gasteiger charge is -2.04. The van der Waals surface area contributed by atoms with Crippen molar-refractivity contribution in [2.75, 3.05) is 0 Å². The zero-order chi connectivity index (χ0) is 9.26. The van der Waals surface area contributed by atoms with Crippen molar-refractivity contribution in [3.8, 4) is 0 Å². The Morgan fingerprint density at radius 3 is 3.15 bits per heavy atom. The van der Waals surface area contributed by atoms with Crippen molar-refractivity contribution in [1.82, 2.24) is 0 Å². The molecule has 1 aliphatic carbocycles. The second-order valence-electron chi connectivity index (χ2n) is 3.58. The molecule has 1 N–H and O–H groups in total. The highest BCUT2D eigenvalue weighted by Gasteiger charge is 2.19. The van der Waals surface area contributed by atoms with E-state index in [1.165, 1.54) is 11.1 Å². The third-order valence-electron chi connectivity index (χ3n) is 2.63. The highest BCUT2D eigenvalue weighted by molar-refractivity contribution is 5.37. The number of rotatable bonds is 2. The average molecular weight is 174 g/mol. The molecule has 0 saturated carbocycles. The van der Waals surface area contributed by atoms with Crippen LogP contribution in [0.1, 0.15) is 29.2 Å². The van der Waals surface area contributed by atoms with Gasteiger partial charge < -0.3 is 5.11 Å². The van der Waals surface area contributed by atoms with Crippen LogP contribution in [0.3, 0.4) is 0 Å². The topological polar surface area (TPSA) is 20.2 Å². The summed E-state index contributed by atoms with van der Waals surface area (Å²) < 4.78 is 0. The Kier molecular flexibility index (Phi) is 2.19. The molecule has 0 heterocycles. The third-order valence-corrected chi connectivity index (χ3v) is 2.63. The molecule has 0 aromatic heterocycles. The molecule has 0 aliphatic heterocycles. The summed E-state index contributed by atoms with van der Waals surface area (Å²) in [6.07, 6.45) is 4.50. The van der Waals surface area contributed by atoms with Crippen LogP contribution in [0.25, 0.3) is 0 Å². The summed E-state index contributed by atoms with van der Waals surface area (Å²) in [5, 5.41) is 9.58. The first-order valence-corrected chi connectivity index (χ1v) is 4.72. The standard InChI is InChI=1S/C12H14O/c1-2-3-9-4-6-11-10(8-9)5-7-12(11)13/h2,4,6,8,12-13H,1,3,5,7H2/t12-/m0/s1. The zero-order valence-electron chi connectivity index (χ0n) is 7.66. The molecule has 1 nitrogen and oxygen atoms in total. The van der Waals surface area contributed by atoms with Gasteiger partial charge in [0.2, 0.25) is 0 Å². The fourth-order valence-electron chi connectivity index (χ4n) is 1.94. The largest absolute Gasteiger partial charge is 0.388 e. The lowest BCUT2D eigenvalue weighted by molar-refractivity contribution is 0.180. The van der Waals surface area contributed by atoms with Crippen LogP contribution >= 0.6 is 0 Å². The fourth-order valence-corrected chi connectivity index (χ4v) is 1.94. The van der Waals surface area contributed by atoms with E-state index in [1.807, 2.05) is 12.1 Å². The van der Waals surface area contributed by atoms with E-state index in [9.17, 15) is 5.11 Å². The molecular formula is C12H14O. The fraction of sp³-hybridized carbons (Fsp3) is 0.333. The number of hydrogen-bond donors (Lipinski definition) is 1. The first kappa shape index (κ1) is 8.52. The number of aliphatic hydroxyl groups is 1. The first-order valence-electron chi connectivity index (χ1n) is 4.72. The van der Waals surface area contributed by atoms with Gasteiger partial charge in [0.25, 0.3) is 0 Å². The van der Waals surface area contributed by atoms with Crippen LogP contribution in [0.4, 0.5) is 0 Å². The Morgan fingerprint density at radius 2 is 2.38 bits per heavy atom. The number of hydrogen-bond acceptors (Lipinski definition) is 1. The van der Waals surface area contributed by atoms with Crippen molar-refractivity contribution in [3.63, 3.8) is 0 Å². The maximum atomic E-state index is 9.58. The molecule has 1 aromatic rings. The molecule has 1 heteroatoms. The van der Waals surface area contributed by atoms with Gasteiger partial charge in [-0.1, -0.05) is 24.3 Å². The van der Waals surface area contributed by atoms with E-state index in [0.717, 1.165) is 24.8 Å². The van der Waals surface area contributed by atoms with Crippen molar-refractivity contribution in [1.29, 1.82) is 0 Å². The molecule has 2 rings (SSSR count). The molecule has 1 aliphatic rings. The molecule has 68 valence electrons. The van der Waals surface area contributed by atoms with Gasteiger partial charge in [0.1, 0.15) is 0 Å². The lowest BCUT2D eigenvalue weighted by Crippen LogP contribution is -1.91. The lowest BCUT2D eigenvalue weighted by atomic mass is 10.0. The maximum Gasteiger partial charge on any atom is 0.0795 e.